The van der Waals surface area contributed by atoms with Crippen molar-refractivity contribution in [2.75, 3.05) is 0 Å². The average Bonchev–Trinajstić information content (AvgIpc) is 3.17. The molecule has 3 rings (SSSR count). The monoisotopic (exact) mass is 316 g/mol. The lowest BCUT2D eigenvalue weighted by molar-refractivity contribution is 0.0943. The van der Waals surface area contributed by atoms with Crippen molar-refractivity contribution in [3.63, 3.8) is 0 Å². The number of nitrogens with one attached hydrogen (secondary N) is 1. The van der Waals surface area contributed by atoms with Crippen molar-refractivity contribution >= 4 is 17.5 Å². The molecule has 0 aliphatic rings. The maximum Gasteiger partial charge on any atom is 0.275 e. The summed E-state index contributed by atoms with van der Waals surface area (Å²) in [4.78, 5) is 12.1. The molecule has 0 saturated heterocycles. The van der Waals surface area contributed by atoms with Crippen LogP contribution in [0.4, 0.5) is 0 Å². The third kappa shape index (κ3) is 3.17. The first kappa shape index (κ1) is 14.3. The van der Waals surface area contributed by atoms with Gasteiger partial charge in [0.1, 0.15) is 5.76 Å². The number of carbonyl (C=O) groups excluding carboxylic acids is 1. The smallest absolute Gasteiger partial charge is 0.275 e. The number of hydrogen-bond acceptors (Lipinski definition) is 4. The predicted molar refractivity (Wildman–Crippen MR) is 80.5 cm³/mol. The van der Waals surface area contributed by atoms with E-state index in [0.717, 1.165) is 5.56 Å². The van der Waals surface area contributed by atoms with Crippen LogP contribution in [0, 0.1) is 0 Å². The maximum atomic E-state index is 12.1. The molecule has 0 fully saturated rings. The maximum absolute atomic E-state index is 12.1. The van der Waals surface area contributed by atoms with E-state index in [1.807, 2.05) is 30.3 Å². The molecule has 2 aromatic heterocycles. The molecule has 6 nitrogen and oxygen atoms in total. The number of amides is 1. The van der Waals surface area contributed by atoms with Crippen molar-refractivity contribution in [1.29, 1.82) is 0 Å². The Kier molecular flexibility index (Phi) is 4.20. The van der Waals surface area contributed by atoms with Crippen LogP contribution in [0.15, 0.2) is 53.1 Å². The lowest BCUT2D eigenvalue weighted by Crippen LogP contribution is -2.23. The highest BCUT2D eigenvalue weighted by atomic mass is 35.5. The molecule has 0 spiro atoms. The van der Waals surface area contributed by atoms with Gasteiger partial charge < -0.3 is 9.73 Å². The Balaban J connectivity index is 1.68. The summed E-state index contributed by atoms with van der Waals surface area (Å²) in [6, 6.07) is 13.2. The van der Waals surface area contributed by atoms with Gasteiger partial charge in [-0.2, -0.15) is 0 Å². The summed E-state index contributed by atoms with van der Waals surface area (Å²) in [7, 11) is 0. The Morgan fingerprint density at radius 3 is 2.77 bits per heavy atom. The first-order valence-electron chi connectivity index (χ1n) is 6.67. The van der Waals surface area contributed by atoms with Crippen molar-refractivity contribution < 1.29 is 9.21 Å². The molecule has 7 heteroatoms. The largest absolute Gasteiger partial charge is 0.467 e. The van der Waals surface area contributed by atoms with Crippen LogP contribution < -0.4 is 5.32 Å². The van der Waals surface area contributed by atoms with Gasteiger partial charge in [0.05, 0.1) is 19.4 Å². The first-order chi connectivity index (χ1) is 10.7. The number of rotatable bonds is 5. The second-order valence-electron chi connectivity index (χ2n) is 4.63. The fourth-order valence-electron chi connectivity index (χ4n) is 1.96. The highest BCUT2D eigenvalue weighted by molar-refractivity contribution is 6.32. The lowest BCUT2D eigenvalue weighted by Gasteiger charge is -2.03. The second-order valence-corrected chi connectivity index (χ2v) is 4.99. The van der Waals surface area contributed by atoms with Crippen molar-refractivity contribution in [2.45, 2.75) is 13.1 Å². The SMILES string of the molecule is O=C(NCc1ccco1)c1nnn(Cc2ccccc2)c1Cl. The molecule has 0 aliphatic heterocycles. The zero-order valence-electron chi connectivity index (χ0n) is 11.6. The van der Waals surface area contributed by atoms with Crippen molar-refractivity contribution in [1.82, 2.24) is 20.3 Å². The van der Waals surface area contributed by atoms with E-state index in [1.54, 1.807) is 18.4 Å². The molecule has 0 radical (unpaired) electrons. The summed E-state index contributed by atoms with van der Waals surface area (Å²) in [5.74, 6) is 0.266. The van der Waals surface area contributed by atoms with E-state index in [4.69, 9.17) is 16.0 Å². The minimum Gasteiger partial charge on any atom is -0.467 e. The van der Waals surface area contributed by atoms with E-state index in [2.05, 4.69) is 15.6 Å². The fraction of sp³-hybridized carbons (Fsp3) is 0.133. The van der Waals surface area contributed by atoms with E-state index in [9.17, 15) is 4.79 Å². The topological polar surface area (TPSA) is 73.0 Å². The number of furan rings is 1. The molecule has 2 heterocycles. The molecular formula is C15H13ClN4O2. The number of benzene rings is 1. The average molecular weight is 317 g/mol. The van der Waals surface area contributed by atoms with Crippen LogP contribution in [-0.2, 0) is 13.1 Å². The van der Waals surface area contributed by atoms with E-state index >= 15 is 0 Å². The van der Waals surface area contributed by atoms with Gasteiger partial charge in [-0.15, -0.1) is 5.10 Å². The minimum absolute atomic E-state index is 0.101. The number of halogens is 1. The number of aromatic nitrogens is 3. The summed E-state index contributed by atoms with van der Waals surface area (Å²) < 4.78 is 6.63. The summed E-state index contributed by atoms with van der Waals surface area (Å²) >= 11 is 6.18. The van der Waals surface area contributed by atoms with Gasteiger partial charge in [0.25, 0.3) is 5.91 Å². The molecule has 0 aliphatic carbocycles. The first-order valence-corrected chi connectivity index (χ1v) is 7.05. The predicted octanol–water partition coefficient (Wildman–Crippen LogP) is 2.50. The number of hydrogen-bond donors (Lipinski definition) is 1. The van der Waals surface area contributed by atoms with Crippen molar-refractivity contribution in [3.05, 3.63) is 70.9 Å². The summed E-state index contributed by atoms with van der Waals surface area (Å²) in [5.41, 5.74) is 1.13. The van der Waals surface area contributed by atoms with Crippen LogP contribution in [0.5, 0.6) is 0 Å². The van der Waals surface area contributed by atoms with Gasteiger partial charge in [0.15, 0.2) is 10.8 Å². The van der Waals surface area contributed by atoms with Crippen LogP contribution in [0.25, 0.3) is 0 Å². The molecular weight excluding hydrogens is 304 g/mol. The third-order valence-electron chi connectivity index (χ3n) is 3.07. The summed E-state index contributed by atoms with van der Waals surface area (Å²) in [6.45, 7) is 0.728. The quantitative estimate of drug-likeness (QED) is 0.785. The van der Waals surface area contributed by atoms with E-state index in [-0.39, 0.29) is 23.3 Å². The second kappa shape index (κ2) is 6.44. The van der Waals surface area contributed by atoms with Gasteiger partial charge in [-0.1, -0.05) is 47.1 Å². The Labute approximate surface area is 131 Å². The van der Waals surface area contributed by atoms with E-state index < -0.39 is 0 Å². The fourth-order valence-corrected chi connectivity index (χ4v) is 2.18. The van der Waals surface area contributed by atoms with Crippen LogP contribution in [-0.4, -0.2) is 20.9 Å². The third-order valence-corrected chi connectivity index (χ3v) is 3.44. The van der Waals surface area contributed by atoms with Gasteiger partial charge in [0, 0.05) is 0 Å². The van der Waals surface area contributed by atoms with Gasteiger partial charge in [-0.3, -0.25) is 4.79 Å². The van der Waals surface area contributed by atoms with Crippen LogP contribution in [0.1, 0.15) is 21.8 Å². The molecule has 112 valence electrons. The molecule has 1 amide bonds. The number of nitrogens with zero attached hydrogens (tertiary/aromatic N) is 3. The van der Waals surface area contributed by atoms with Crippen LogP contribution >= 0.6 is 11.6 Å². The zero-order valence-corrected chi connectivity index (χ0v) is 12.3. The standard InChI is InChI=1S/C15H13ClN4O2/c16-14-13(15(21)17-9-12-7-4-8-22-12)18-19-20(14)10-11-5-2-1-3-6-11/h1-8H,9-10H2,(H,17,21). The molecule has 0 bridgehead atoms. The molecule has 1 N–H and O–H groups in total. The molecule has 0 saturated carbocycles. The highest BCUT2D eigenvalue weighted by Crippen LogP contribution is 2.15. The van der Waals surface area contributed by atoms with E-state index in [0.29, 0.717) is 12.3 Å². The molecule has 22 heavy (non-hydrogen) atoms. The molecule has 0 atom stereocenters. The normalized spacial score (nSPS) is 10.6. The van der Waals surface area contributed by atoms with Gasteiger partial charge >= 0.3 is 0 Å². The Morgan fingerprint density at radius 1 is 1.23 bits per heavy atom. The minimum atomic E-state index is -0.388. The van der Waals surface area contributed by atoms with Crippen LogP contribution in [0.2, 0.25) is 5.15 Å². The van der Waals surface area contributed by atoms with Gasteiger partial charge in [0.2, 0.25) is 0 Å². The molecule has 1 aromatic carbocycles. The van der Waals surface area contributed by atoms with E-state index in [1.165, 1.54) is 4.68 Å². The van der Waals surface area contributed by atoms with Crippen molar-refractivity contribution in [2.24, 2.45) is 0 Å². The molecule has 3 aromatic rings. The van der Waals surface area contributed by atoms with Gasteiger partial charge in [-0.25, -0.2) is 4.68 Å². The summed E-state index contributed by atoms with van der Waals surface area (Å²) in [5, 5.41) is 10.7. The lowest BCUT2D eigenvalue weighted by atomic mass is 10.2. The Morgan fingerprint density at radius 2 is 2.05 bits per heavy atom. The zero-order chi connectivity index (χ0) is 15.4. The van der Waals surface area contributed by atoms with Crippen LogP contribution in [0.3, 0.4) is 0 Å². The number of carbonyl (C=O) groups is 1. The Bertz CT molecular complexity index is 753. The van der Waals surface area contributed by atoms with Crippen molar-refractivity contribution in [3.8, 4) is 0 Å². The van der Waals surface area contributed by atoms with Gasteiger partial charge in [-0.05, 0) is 17.7 Å². The highest BCUT2D eigenvalue weighted by Gasteiger charge is 2.18. The summed E-state index contributed by atoms with van der Waals surface area (Å²) in [6.07, 6.45) is 1.55. The molecule has 0 unspecified atom stereocenters. The Hall–Kier alpha value is -2.60.